The van der Waals surface area contributed by atoms with Gasteiger partial charge in [-0.15, -0.1) is 0 Å². The van der Waals surface area contributed by atoms with Crippen molar-refractivity contribution in [2.75, 3.05) is 7.11 Å². The molecule has 39 heavy (non-hydrogen) atoms. The molecule has 1 aliphatic rings. The van der Waals surface area contributed by atoms with Gasteiger partial charge in [-0.2, -0.15) is 0 Å². The van der Waals surface area contributed by atoms with Gasteiger partial charge in [0.2, 0.25) is 0 Å². The van der Waals surface area contributed by atoms with Crippen LogP contribution in [0.25, 0.3) is 6.08 Å². The quantitative estimate of drug-likeness (QED) is 0.207. The van der Waals surface area contributed by atoms with E-state index in [0.717, 1.165) is 27.9 Å². The number of ether oxygens (including phenoxy) is 2. The predicted octanol–water partition coefficient (Wildman–Crippen LogP) is 8.04. The van der Waals surface area contributed by atoms with Gasteiger partial charge in [0, 0.05) is 16.1 Å². The van der Waals surface area contributed by atoms with Crippen LogP contribution in [0.3, 0.4) is 0 Å². The maximum absolute atomic E-state index is 13.7. The fraction of sp³-hybridized carbons (Fsp3) is 0.125. The van der Waals surface area contributed by atoms with Crippen LogP contribution >= 0.6 is 23.4 Å². The number of thioether (sulfide) groups is 1. The number of benzene rings is 4. The molecule has 7 heteroatoms. The summed E-state index contributed by atoms with van der Waals surface area (Å²) in [4.78, 5) is 20.8. The van der Waals surface area contributed by atoms with Gasteiger partial charge < -0.3 is 9.47 Å². The van der Waals surface area contributed by atoms with Crippen LogP contribution in [-0.4, -0.2) is 23.1 Å². The van der Waals surface area contributed by atoms with Gasteiger partial charge in [-0.1, -0.05) is 90.0 Å². The summed E-state index contributed by atoms with van der Waals surface area (Å²) in [5, 5.41) is 1.25. The number of methoxy groups -OCH3 is 1. The lowest BCUT2D eigenvalue weighted by atomic mass is 10.1. The Morgan fingerprint density at radius 2 is 1.67 bits per heavy atom. The summed E-state index contributed by atoms with van der Waals surface area (Å²) in [5.74, 6) is 0.996. The number of halogens is 1. The van der Waals surface area contributed by atoms with Crippen LogP contribution in [0.2, 0.25) is 5.02 Å². The highest BCUT2D eigenvalue weighted by molar-refractivity contribution is 8.18. The number of hydrogen-bond acceptors (Lipinski definition) is 5. The summed E-state index contributed by atoms with van der Waals surface area (Å²) in [7, 11) is 1.60. The predicted molar refractivity (Wildman–Crippen MR) is 160 cm³/mol. The molecule has 1 amide bonds. The number of para-hydroxylation sites is 1. The van der Waals surface area contributed by atoms with Crippen LogP contribution in [0, 0.1) is 6.92 Å². The summed E-state index contributed by atoms with van der Waals surface area (Å²) in [6.45, 7) is 2.72. The Balaban J connectivity index is 1.50. The Bertz CT molecular complexity index is 1540. The van der Waals surface area contributed by atoms with Gasteiger partial charge in [-0.05, 0) is 54.6 Å². The third-order valence-corrected chi connectivity index (χ3v) is 7.55. The third kappa shape index (κ3) is 6.36. The van der Waals surface area contributed by atoms with Crippen molar-refractivity contribution in [2.45, 2.75) is 20.1 Å². The normalized spacial score (nSPS) is 15.3. The Morgan fingerprint density at radius 1 is 0.923 bits per heavy atom. The Labute approximate surface area is 237 Å². The number of carbonyl (C=O) groups is 1. The second-order valence-corrected chi connectivity index (χ2v) is 10.4. The number of rotatable bonds is 8. The van der Waals surface area contributed by atoms with Crippen molar-refractivity contribution in [3.8, 4) is 11.5 Å². The van der Waals surface area contributed by atoms with Crippen molar-refractivity contribution in [3.63, 3.8) is 0 Å². The summed E-state index contributed by atoms with van der Waals surface area (Å²) in [6, 6.07) is 31.0. The Hall–Kier alpha value is -4.00. The maximum Gasteiger partial charge on any atom is 0.267 e. The first-order chi connectivity index (χ1) is 19.0. The maximum atomic E-state index is 13.7. The zero-order chi connectivity index (χ0) is 27.2. The highest BCUT2D eigenvalue weighted by Gasteiger charge is 2.34. The molecule has 0 atom stereocenters. The van der Waals surface area contributed by atoms with Crippen molar-refractivity contribution in [1.29, 1.82) is 0 Å². The smallest absolute Gasteiger partial charge is 0.267 e. The van der Waals surface area contributed by atoms with E-state index in [0.29, 0.717) is 33.1 Å². The second-order valence-electron chi connectivity index (χ2n) is 8.98. The molecule has 0 radical (unpaired) electrons. The second kappa shape index (κ2) is 12.2. The molecule has 0 spiro atoms. The van der Waals surface area contributed by atoms with Gasteiger partial charge in [0.05, 0.1) is 24.2 Å². The van der Waals surface area contributed by atoms with E-state index in [1.165, 1.54) is 11.8 Å². The van der Waals surface area contributed by atoms with Gasteiger partial charge in [0.15, 0.2) is 16.7 Å². The SMILES string of the molecule is COc1cccc(/C=C2/SC(=Nc3ccc(C)cc3)N(Cc3ccccc3)C2=O)c1OCc1ccccc1Cl. The summed E-state index contributed by atoms with van der Waals surface area (Å²) in [6.07, 6.45) is 1.84. The lowest BCUT2D eigenvalue weighted by Gasteiger charge is -2.16. The molecule has 1 fully saturated rings. The van der Waals surface area contributed by atoms with Gasteiger partial charge >= 0.3 is 0 Å². The number of carbonyl (C=O) groups excluding carboxylic acids is 1. The van der Waals surface area contributed by atoms with Crippen LogP contribution < -0.4 is 9.47 Å². The molecule has 5 rings (SSSR count). The molecule has 0 aliphatic carbocycles. The first kappa shape index (κ1) is 26.6. The fourth-order valence-electron chi connectivity index (χ4n) is 4.09. The molecule has 0 saturated carbocycles. The van der Waals surface area contributed by atoms with E-state index in [2.05, 4.69) is 0 Å². The molecular weight excluding hydrogens is 528 g/mol. The summed E-state index contributed by atoms with van der Waals surface area (Å²) < 4.78 is 11.8. The number of amides is 1. The number of aliphatic imine (C=N–C) groups is 1. The minimum Gasteiger partial charge on any atom is -0.493 e. The van der Waals surface area contributed by atoms with Crippen LogP contribution in [0.5, 0.6) is 11.5 Å². The Morgan fingerprint density at radius 3 is 2.41 bits per heavy atom. The Kier molecular flexibility index (Phi) is 8.35. The van der Waals surface area contributed by atoms with Crippen LogP contribution in [0.4, 0.5) is 5.69 Å². The largest absolute Gasteiger partial charge is 0.493 e. The molecule has 196 valence electrons. The minimum atomic E-state index is -0.116. The van der Waals surface area contributed by atoms with E-state index < -0.39 is 0 Å². The monoisotopic (exact) mass is 554 g/mol. The van der Waals surface area contributed by atoms with Crippen LogP contribution in [0.1, 0.15) is 22.3 Å². The van der Waals surface area contributed by atoms with E-state index in [-0.39, 0.29) is 12.5 Å². The van der Waals surface area contributed by atoms with Gasteiger partial charge in [-0.3, -0.25) is 9.69 Å². The average Bonchev–Trinajstić information content (AvgIpc) is 3.23. The molecule has 4 aromatic carbocycles. The van der Waals surface area contributed by atoms with Crippen LogP contribution in [0.15, 0.2) is 107 Å². The molecule has 1 heterocycles. The first-order valence-electron chi connectivity index (χ1n) is 12.5. The van der Waals surface area contributed by atoms with E-state index in [4.69, 9.17) is 26.1 Å². The highest BCUT2D eigenvalue weighted by atomic mass is 35.5. The zero-order valence-corrected chi connectivity index (χ0v) is 23.2. The third-order valence-electron chi connectivity index (χ3n) is 6.18. The van der Waals surface area contributed by atoms with Crippen molar-refractivity contribution in [3.05, 3.63) is 129 Å². The lowest BCUT2D eigenvalue weighted by molar-refractivity contribution is -0.122. The van der Waals surface area contributed by atoms with Gasteiger partial charge in [-0.25, -0.2) is 4.99 Å². The molecular formula is C32H27ClN2O3S. The molecule has 1 saturated heterocycles. The zero-order valence-electron chi connectivity index (χ0n) is 21.6. The van der Waals surface area contributed by atoms with Crippen molar-refractivity contribution in [1.82, 2.24) is 4.90 Å². The lowest BCUT2D eigenvalue weighted by Crippen LogP contribution is -2.28. The summed E-state index contributed by atoms with van der Waals surface area (Å²) >= 11 is 7.69. The van der Waals surface area contributed by atoms with Gasteiger partial charge in [0.1, 0.15) is 6.61 Å². The van der Waals surface area contributed by atoms with E-state index in [1.54, 1.807) is 12.0 Å². The van der Waals surface area contributed by atoms with Crippen molar-refractivity contribution in [2.24, 2.45) is 4.99 Å². The molecule has 0 N–H and O–H groups in total. The number of hydrogen-bond donors (Lipinski definition) is 0. The molecule has 1 aliphatic heterocycles. The highest BCUT2D eigenvalue weighted by Crippen LogP contribution is 2.39. The molecule has 4 aromatic rings. The molecule has 5 nitrogen and oxygen atoms in total. The standard InChI is InChI=1S/C32H27ClN2O3S/c1-22-15-17-26(18-16-22)34-32-35(20-23-9-4-3-5-10-23)31(36)29(39-32)19-24-12-8-14-28(37-2)30(24)38-21-25-11-6-7-13-27(25)33/h3-19H,20-21H2,1-2H3/b29-19+,34-32?. The number of amidine groups is 1. The van der Waals surface area contributed by atoms with Crippen LogP contribution in [-0.2, 0) is 17.9 Å². The molecule has 0 unspecified atom stereocenters. The first-order valence-corrected chi connectivity index (χ1v) is 13.6. The topological polar surface area (TPSA) is 51.1 Å². The summed E-state index contributed by atoms with van der Waals surface area (Å²) in [5.41, 5.74) is 4.55. The molecule has 0 bridgehead atoms. The van der Waals surface area contributed by atoms with E-state index in [1.807, 2.05) is 110 Å². The van der Waals surface area contributed by atoms with Gasteiger partial charge in [0.25, 0.3) is 5.91 Å². The number of nitrogens with zero attached hydrogens (tertiary/aromatic N) is 2. The average molecular weight is 555 g/mol. The molecule has 0 aromatic heterocycles. The van der Waals surface area contributed by atoms with E-state index >= 15 is 0 Å². The number of aryl methyl sites for hydroxylation is 1. The fourth-order valence-corrected chi connectivity index (χ4v) is 5.27. The van der Waals surface area contributed by atoms with Crippen molar-refractivity contribution >= 4 is 46.2 Å². The van der Waals surface area contributed by atoms with E-state index in [9.17, 15) is 4.79 Å². The van der Waals surface area contributed by atoms with Crippen molar-refractivity contribution < 1.29 is 14.3 Å². The minimum absolute atomic E-state index is 0.116.